The zero-order valence-corrected chi connectivity index (χ0v) is 17.7. The second-order valence-corrected chi connectivity index (χ2v) is 8.08. The number of nitrogens with one attached hydrogen (secondary N) is 1. The minimum absolute atomic E-state index is 0.0543. The molecule has 1 saturated heterocycles. The predicted octanol–water partition coefficient (Wildman–Crippen LogP) is 5.05. The number of pyridine rings is 1. The number of benzene rings is 2. The van der Waals surface area contributed by atoms with Crippen molar-refractivity contribution in [2.24, 2.45) is 5.92 Å². The highest BCUT2D eigenvalue weighted by molar-refractivity contribution is 5.92. The Kier molecular flexibility index (Phi) is 6.17. The quantitative estimate of drug-likeness (QED) is 0.626. The fraction of sp³-hybridized carbons (Fsp3) is 0.360. The average molecular weight is 404 g/mol. The number of aryl methyl sites for hydroxylation is 1. The summed E-state index contributed by atoms with van der Waals surface area (Å²) >= 11 is 0. The van der Waals surface area contributed by atoms with Gasteiger partial charge in [-0.1, -0.05) is 38.1 Å². The van der Waals surface area contributed by atoms with Crippen LogP contribution < -0.4 is 15.0 Å². The second kappa shape index (κ2) is 9.16. The molecule has 30 heavy (non-hydrogen) atoms. The van der Waals surface area contributed by atoms with E-state index in [1.807, 2.05) is 42.5 Å². The molecule has 0 unspecified atom stereocenters. The molecular weight excluding hydrogens is 374 g/mol. The first-order chi connectivity index (χ1) is 14.6. The van der Waals surface area contributed by atoms with Crippen LogP contribution in [0.5, 0.6) is 5.75 Å². The molecule has 1 aliphatic rings. The van der Waals surface area contributed by atoms with E-state index >= 15 is 0 Å². The number of fused-ring (bicyclic) bond motifs is 1. The molecule has 0 aliphatic carbocycles. The third-order valence-corrected chi connectivity index (χ3v) is 5.65. The van der Waals surface area contributed by atoms with E-state index in [1.165, 1.54) is 18.4 Å². The Morgan fingerprint density at radius 3 is 2.77 bits per heavy atom. The number of carbonyl (C=O) groups excluding carboxylic acids is 1. The molecule has 5 nitrogen and oxygen atoms in total. The molecule has 1 aromatic heterocycles. The summed E-state index contributed by atoms with van der Waals surface area (Å²) in [6, 6.07) is 17.9. The Hall–Kier alpha value is -3.08. The van der Waals surface area contributed by atoms with Crippen LogP contribution in [0.2, 0.25) is 0 Å². The van der Waals surface area contributed by atoms with Crippen molar-refractivity contribution < 1.29 is 9.53 Å². The van der Waals surface area contributed by atoms with Crippen molar-refractivity contribution in [2.45, 2.75) is 33.1 Å². The smallest absolute Gasteiger partial charge is 0.262 e. The first kappa shape index (κ1) is 20.2. The van der Waals surface area contributed by atoms with Gasteiger partial charge in [-0.05, 0) is 61.1 Å². The minimum atomic E-state index is -0.183. The van der Waals surface area contributed by atoms with Gasteiger partial charge in [-0.2, -0.15) is 0 Å². The SMILES string of the molecule is CCc1ccc(NC(=O)COc2cccc3ccc(N4CCC[C@@H](C)C4)nc23)cc1. The number of piperidine rings is 1. The minimum Gasteiger partial charge on any atom is -0.481 e. The summed E-state index contributed by atoms with van der Waals surface area (Å²) in [4.78, 5) is 19.6. The first-order valence-corrected chi connectivity index (χ1v) is 10.8. The lowest BCUT2D eigenvalue weighted by Crippen LogP contribution is -2.34. The third-order valence-electron chi connectivity index (χ3n) is 5.65. The van der Waals surface area contributed by atoms with Gasteiger partial charge in [-0.25, -0.2) is 4.98 Å². The van der Waals surface area contributed by atoms with Gasteiger partial charge in [0, 0.05) is 24.2 Å². The summed E-state index contributed by atoms with van der Waals surface area (Å²) in [5.74, 6) is 2.11. The summed E-state index contributed by atoms with van der Waals surface area (Å²) in [6.45, 7) is 6.40. The lowest BCUT2D eigenvalue weighted by atomic mass is 10.0. The highest BCUT2D eigenvalue weighted by atomic mass is 16.5. The zero-order chi connectivity index (χ0) is 20.9. The Labute approximate surface area is 178 Å². The molecular formula is C25H29N3O2. The largest absolute Gasteiger partial charge is 0.481 e. The van der Waals surface area contributed by atoms with E-state index in [4.69, 9.17) is 9.72 Å². The molecule has 156 valence electrons. The van der Waals surface area contributed by atoms with E-state index < -0.39 is 0 Å². The van der Waals surface area contributed by atoms with Gasteiger partial charge in [0.05, 0.1) is 0 Å². The normalized spacial score (nSPS) is 16.5. The molecule has 0 radical (unpaired) electrons. The standard InChI is InChI=1S/C25H29N3O2/c1-3-19-9-12-21(13-10-19)26-24(29)17-30-22-8-4-7-20-11-14-23(27-25(20)22)28-15-5-6-18(2)16-28/h4,7-14,18H,3,5-6,15-17H2,1-2H3,(H,26,29)/t18-/m1/s1. The van der Waals surface area contributed by atoms with Crippen LogP contribution in [0.15, 0.2) is 54.6 Å². The Morgan fingerprint density at radius 2 is 2.00 bits per heavy atom. The highest BCUT2D eigenvalue weighted by Gasteiger charge is 2.18. The fourth-order valence-corrected chi connectivity index (χ4v) is 3.96. The number of para-hydroxylation sites is 1. The summed E-state index contributed by atoms with van der Waals surface area (Å²) in [6.07, 6.45) is 3.44. The van der Waals surface area contributed by atoms with Crippen molar-refractivity contribution in [3.05, 3.63) is 60.2 Å². The lowest BCUT2D eigenvalue weighted by molar-refractivity contribution is -0.118. The molecule has 1 atom stereocenters. The summed E-state index contributed by atoms with van der Waals surface area (Å²) < 4.78 is 5.87. The van der Waals surface area contributed by atoms with Crippen molar-refractivity contribution in [1.82, 2.24) is 4.98 Å². The average Bonchev–Trinajstić information content (AvgIpc) is 2.78. The van der Waals surface area contributed by atoms with Gasteiger partial charge in [0.15, 0.2) is 6.61 Å². The molecule has 5 heteroatoms. The van der Waals surface area contributed by atoms with Gasteiger partial charge >= 0.3 is 0 Å². The maximum absolute atomic E-state index is 12.4. The van der Waals surface area contributed by atoms with Crippen molar-refractivity contribution in [3.8, 4) is 5.75 Å². The maximum Gasteiger partial charge on any atom is 0.262 e. The van der Waals surface area contributed by atoms with Crippen molar-refractivity contribution in [1.29, 1.82) is 0 Å². The number of rotatable bonds is 6. The Bertz CT molecular complexity index is 1020. The highest BCUT2D eigenvalue weighted by Crippen LogP contribution is 2.28. The van der Waals surface area contributed by atoms with E-state index in [0.717, 1.165) is 41.9 Å². The number of ether oxygens (including phenoxy) is 1. The Balaban J connectivity index is 1.46. The number of carbonyl (C=O) groups is 1. The van der Waals surface area contributed by atoms with E-state index in [2.05, 4.69) is 36.2 Å². The van der Waals surface area contributed by atoms with Crippen LogP contribution in [0, 0.1) is 5.92 Å². The Morgan fingerprint density at radius 1 is 1.17 bits per heavy atom. The number of hydrogen-bond donors (Lipinski definition) is 1. The van der Waals surface area contributed by atoms with Gasteiger partial charge in [0.1, 0.15) is 17.1 Å². The monoisotopic (exact) mass is 403 g/mol. The fourth-order valence-electron chi connectivity index (χ4n) is 3.96. The van der Waals surface area contributed by atoms with E-state index in [9.17, 15) is 4.79 Å². The van der Waals surface area contributed by atoms with Crippen molar-refractivity contribution in [3.63, 3.8) is 0 Å². The molecule has 0 spiro atoms. The van der Waals surface area contributed by atoms with Gasteiger partial charge < -0.3 is 15.0 Å². The molecule has 3 aromatic rings. The van der Waals surface area contributed by atoms with Crippen LogP contribution in [0.4, 0.5) is 11.5 Å². The van der Waals surface area contributed by atoms with Crippen LogP contribution in [0.25, 0.3) is 10.9 Å². The molecule has 0 bridgehead atoms. The predicted molar refractivity (Wildman–Crippen MR) is 122 cm³/mol. The number of hydrogen-bond acceptors (Lipinski definition) is 4. The molecule has 4 rings (SSSR count). The third kappa shape index (κ3) is 4.73. The lowest BCUT2D eigenvalue weighted by Gasteiger charge is -2.32. The van der Waals surface area contributed by atoms with Crippen LogP contribution in [0.1, 0.15) is 32.3 Å². The molecule has 1 N–H and O–H groups in total. The molecule has 2 heterocycles. The number of nitrogens with zero attached hydrogens (tertiary/aromatic N) is 2. The number of aromatic nitrogens is 1. The first-order valence-electron chi connectivity index (χ1n) is 10.8. The second-order valence-electron chi connectivity index (χ2n) is 8.08. The van der Waals surface area contributed by atoms with Crippen LogP contribution in [0.3, 0.4) is 0 Å². The maximum atomic E-state index is 12.4. The summed E-state index contributed by atoms with van der Waals surface area (Å²) in [5, 5.41) is 3.90. The van der Waals surface area contributed by atoms with Crippen LogP contribution >= 0.6 is 0 Å². The van der Waals surface area contributed by atoms with E-state index in [0.29, 0.717) is 11.7 Å². The summed E-state index contributed by atoms with van der Waals surface area (Å²) in [5.41, 5.74) is 2.82. The van der Waals surface area contributed by atoms with E-state index in [1.54, 1.807) is 0 Å². The van der Waals surface area contributed by atoms with Crippen molar-refractivity contribution >= 4 is 28.3 Å². The van der Waals surface area contributed by atoms with Gasteiger partial charge in [0.2, 0.25) is 0 Å². The van der Waals surface area contributed by atoms with Gasteiger partial charge in [-0.15, -0.1) is 0 Å². The molecule has 2 aromatic carbocycles. The van der Waals surface area contributed by atoms with E-state index in [-0.39, 0.29) is 12.5 Å². The van der Waals surface area contributed by atoms with Gasteiger partial charge in [0.25, 0.3) is 5.91 Å². The van der Waals surface area contributed by atoms with Crippen LogP contribution in [-0.4, -0.2) is 30.6 Å². The van der Waals surface area contributed by atoms with Crippen LogP contribution in [-0.2, 0) is 11.2 Å². The summed E-state index contributed by atoms with van der Waals surface area (Å²) in [7, 11) is 0. The molecule has 1 aliphatic heterocycles. The zero-order valence-electron chi connectivity index (χ0n) is 17.7. The number of anilines is 2. The van der Waals surface area contributed by atoms with Gasteiger partial charge in [-0.3, -0.25) is 4.79 Å². The molecule has 0 saturated carbocycles. The number of amides is 1. The van der Waals surface area contributed by atoms with Crippen molar-refractivity contribution in [2.75, 3.05) is 29.9 Å². The topological polar surface area (TPSA) is 54.5 Å². The molecule has 1 amide bonds. The molecule has 1 fully saturated rings.